The number of amides is 1. The number of hydrogen-bond donors (Lipinski definition) is 1. The minimum Gasteiger partial charge on any atom is -0.496 e. The van der Waals surface area contributed by atoms with Crippen LogP contribution < -0.4 is 15.7 Å². The van der Waals surface area contributed by atoms with Crippen LogP contribution in [0.5, 0.6) is 5.75 Å². The molecule has 1 N–H and O–H groups in total. The van der Waals surface area contributed by atoms with E-state index in [1.807, 2.05) is 38.1 Å². The summed E-state index contributed by atoms with van der Waals surface area (Å²) in [6.45, 7) is 5.58. The quantitative estimate of drug-likeness (QED) is 0.326. The smallest absolute Gasteiger partial charge is 0.280 e. The summed E-state index contributed by atoms with van der Waals surface area (Å²) in [5.41, 5.74) is 5.77. The first kappa shape index (κ1) is 22.5. The van der Waals surface area contributed by atoms with Crippen LogP contribution >= 0.6 is 15.9 Å². The molecule has 168 valence electrons. The lowest BCUT2D eigenvalue weighted by atomic mass is 10.2. The van der Waals surface area contributed by atoms with Crippen LogP contribution in [0, 0.1) is 20.8 Å². The number of aryl methyl sites for hydroxylation is 2. The van der Waals surface area contributed by atoms with Crippen molar-refractivity contribution in [2.24, 2.45) is 5.10 Å². The summed E-state index contributed by atoms with van der Waals surface area (Å²) in [5.74, 6) is 0.616. The van der Waals surface area contributed by atoms with Gasteiger partial charge >= 0.3 is 0 Å². The Labute approximate surface area is 198 Å². The molecule has 0 unspecified atom stereocenters. The average Bonchev–Trinajstić information content (AvgIpc) is 3.07. The first-order valence-corrected chi connectivity index (χ1v) is 11.0. The molecule has 0 radical (unpaired) electrons. The van der Waals surface area contributed by atoms with Crippen molar-refractivity contribution in [2.45, 2.75) is 20.8 Å². The van der Waals surface area contributed by atoms with Crippen molar-refractivity contribution in [3.8, 4) is 5.75 Å². The Morgan fingerprint density at radius 3 is 2.64 bits per heavy atom. The van der Waals surface area contributed by atoms with E-state index in [0.717, 1.165) is 21.4 Å². The zero-order chi connectivity index (χ0) is 23.7. The molecule has 1 amide bonds. The van der Waals surface area contributed by atoms with Crippen LogP contribution in [0.4, 0.5) is 0 Å². The summed E-state index contributed by atoms with van der Waals surface area (Å²) < 4.78 is 9.36. The fraction of sp³-hybridized carbons (Fsp3) is 0.167. The molecule has 2 aromatic heterocycles. The molecule has 0 aliphatic rings. The Hall–Kier alpha value is -3.72. The number of nitrogens with zero attached hydrogens (tertiary/aromatic N) is 4. The zero-order valence-electron chi connectivity index (χ0n) is 18.6. The molecule has 0 saturated heterocycles. The predicted molar refractivity (Wildman–Crippen MR) is 131 cm³/mol. The summed E-state index contributed by atoms with van der Waals surface area (Å²) in [6, 6.07) is 14.3. The van der Waals surface area contributed by atoms with Gasteiger partial charge in [-0.15, -0.1) is 0 Å². The normalized spacial score (nSPS) is 11.3. The highest BCUT2D eigenvalue weighted by Gasteiger charge is 2.16. The van der Waals surface area contributed by atoms with E-state index in [0.29, 0.717) is 28.0 Å². The van der Waals surface area contributed by atoms with Gasteiger partial charge in [0.2, 0.25) is 0 Å². The van der Waals surface area contributed by atoms with Gasteiger partial charge in [-0.2, -0.15) is 9.78 Å². The lowest BCUT2D eigenvalue weighted by molar-refractivity contribution is 0.0952. The minimum absolute atomic E-state index is 0.154. The van der Waals surface area contributed by atoms with Crippen LogP contribution in [0.2, 0.25) is 0 Å². The second-order valence-electron chi connectivity index (χ2n) is 7.48. The van der Waals surface area contributed by atoms with Gasteiger partial charge in [0.15, 0.2) is 0 Å². The number of methoxy groups -OCH3 is 1. The molecule has 2 heterocycles. The number of aromatic nitrogens is 3. The molecule has 33 heavy (non-hydrogen) atoms. The minimum atomic E-state index is -0.399. The van der Waals surface area contributed by atoms with Gasteiger partial charge in [0.25, 0.3) is 11.5 Å². The fourth-order valence-corrected chi connectivity index (χ4v) is 4.13. The Morgan fingerprint density at radius 1 is 1.12 bits per heavy atom. The van der Waals surface area contributed by atoms with Crippen molar-refractivity contribution in [1.29, 1.82) is 0 Å². The van der Waals surface area contributed by atoms with E-state index in [-0.39, 0.29) is 5.56 Å². The standard InChI is InChI=1S/C24H22BrN5O3/c1-14-11-17(13-26-28-23(31)20-12-18(25)9-10-22(20)33-4)15(2)29(14)30-16(3)27-21-8-6-5-7-19(21)24(30)32/h5-13H,1-4H3,(H,28,31). The van der Waals surface area contributed by atoms with E-state index >= 15 is 0 Å². The molecule has 0 saturated carbocycles. The molecule has 0 fully saturated rings. The number of carbonyl (C=O) groups excluding carboxylic acids is 1. The molecule has 0 aliphatic carbocycles. The van der Waals surface area contributed by atoms with Gasteiger partial charge in [0.05, 0.1) is 29.8 Å². The van der Waals surface area contributed by atoms with Crippen LogP contribution in [0.3, 0.4) is 0 Å². The number of hydrogen-bond acceptors (Lipinski definition) is 5. The van der Waals surface area contributed by atoms with Crippen molar-refractivity contribution >= 4 is 39.0 Å². The number of halogens is 1. The highest BCUT2D eigenvalue weighted by molar-refractivity contribution is 9.10. The second-order valence-corrected chi connectivity index (χ2v) is 8.39. The number of rotatable bonds is 5. The summed E-state index contributed by atoms with van der Waals surface area (Å²) in [6.07, 6.45) is 1.55. The van der Waals surface area contributed by atoms with E-state index in [9.17, 15) is 9.59 Å². The van der Waals surface area contributed by atoms with Gasteiger partial charge in [-0.3, -0.25) is 14.3 Å². The maximum absolute atomic E-state index is 13.2. The molecule has 8 nitrogen and oxygen atoms in total. The average molecular weight is 508 g/mol. The zero-order valence-corrected chi connectivity index (χ0v) is 20.2. The monoisotopic (exact) mass is 507 g/mol. The van der Waals surface area contributed by atoms with Crippen LogP contribution in [-0.4, -0.2) is 33.6 Å². The van der Waals surface area contributed by atoms with Crippen molar-refractivity contribution < 1.29 is 9.53 Å². The molecule has 0 spiro atoms. The Bertz CT molecular complexity index is 1470. The first-order chi connectivity index (χ1) is 15.8. The summed E-state index contributed by atoms with van der Waals surface area (Å²) >= 11 is 3.36. The molecule has 0 bridgehead atoms. The number of para-hydroxylation sites is 1. The molecule has 0 atom stereocenters. The molecular weight excluding hydrogens is 486 g/mol. The lowest BCUT2D eigenvalue weighted by Crippen LogP contribution is -2.30. The van der Waals surface area contributed by atoms with Crippen LogP contribution in [0.1, 0.15) is 33.1 Å². The predicted octanol–water partition coefficient (Wildman–Crippen LogP) is 3.97. The Kier molecular flexibility index (Phi) is 6.15. The van der Waals surface area contributed by atoms with Gasteiger partial charge in [0, 0.05) is 21.4 Å². The van der Waals surface area contributed by atoms with E-state index in [1.54, 1.807) is 46.8 Å². The summed E-state index contributed by atoms with van der Waals surface area (Å²) in [4.78, 5) is 30.4. The molecule has 4 rings (SSSR count). The molecule has 2 aromatic carbocycles. The maximum atomic E-state index is 13.2. The summed E-state index contributed by atoms with van der Waals surface area (Å²) in [7, 11) is 1.50. The number of carbonyl (C=O) groups is 1. The summed E-state index contributed by atoms with van der Waals surface area (Å²) in [5, 5.41) is 4.66. The lowest BCUT2D eigenvalue weighted by Gasteiger charge is -2.16. The van der Waals surface area contributed by atoms with E-state index < -0.39 is 5.91 Å². The van der Waals surface area contributed by atoms with E-state index in [2.05, 4.69) is 31.4 Å². The third-order valence-electron chi connectivity index (χ3n) is 5.33. The SMILES string of the molecule is COc1ccc(Br)cc1C(=O)NN=Cc1cc(C)n(-n2c(C)nc3ccccc3c2=O)c1C. The van der Waals surface area contributed by atoms with Gasteiger partial charge in [-0.05, 0) is 57.2 Å². The fourth-order valence-electron chi connectivity index (χ4n) is 3.76. The number of ether oxygens (including phenoxy) is 1. The maximum Gasteiger partial charge on any atom is 0.280 e. The van der Waals surface area contributed by atoms with Gasteiger partial charge < -0.3 is 4.74 Å². The Balaban J connectivity index is 1.66. The number of hydrazone groups is 1. The highest BCUT2D eigenvalue weighted by Crippen LogP contribution is 2.23. The van der Waals surface area contributed by atoms with Gasteiger partial charge in [-0.1, -0.05) is 28.1 Å². The third-order valence-corrected chi connectivity index (χ3v) is 5.82. The second kappa shape index (κ2) is 9.03. The molecule has 9 heteroatoms. The first-order valence-electron chi connectivity index (χ1n) is 10.2. The van der Waals surface area contributed by atoms with Crippen LogP contribution in [-0.2, 0) is 0 Å². The Morgan fingerprint density at radius 2 is 1.88 bits per heavy atom. The topological polar surface area (TPSA) is 90.5 Å². The largest absolute Gasteiger partial charge is 0.496 e. The molecule has 4 aromatic rings. The number of benzene rings is 2. The third kappa shape index (κ3) is 4.19. The van der Waals surface area contributed by atoms with E-state index in [1.165, 1.54) is 7.11 Å². The van der Waals surface area contributed by atoms with Crippen LogP contribution in [0.25, 0.3) is 10.9 Å². The van der Waals surface area contributed by atoms with Crippen molar-refractivity contribution in [3.05, 3.63) is 91.7 Å². The number of fused-ring (bicyclic) bond motifs is 1. The van der Waals surface area contributed by atoms with Crippen LogP contribution in [0.15, 0.2) is 62.9 Å². The molecule has 0 aliphatic heterocycles. The van der Waals surface area contributed by atoms with Gasteiger partial charge in [-0.25, -0.2) is 10.4 Å². The highest BCUT2D eigenvalue weighted by atomic mass is 79.9. The van der Waals surface area contributed by atoms with Crippen molar-refractivity contribution in [1.82, 2.24) is 19.8 Å². The van der Waals surface area contributed by atoms with Gasteiger partial charge in [0.1, 0.15) is 11.6 Å². The van der Waals surface area contributed by atoms with Crippen molar-refractivity contribution in [2.75, 3.05) is 7.11 Å². The van der Waals surface area contributed by atoms with E-state index in [4.69, 9.17) is 4.74 Å². The van der Waals surface area contributed by atoms with Crippen molar-refractivity contribution in [3.63, 3.8) is 0 Å². The number of nitrogens with one attached hydrogen (secondary N) is 1. The molecular formula is C24H22BrN5O3.